The maximum absolute atomic E-state index is 10.9. The van der Waals surface area contributed by atoms with Crippen LogP contribution in [0, 0.1) is 0 Å². The molecule has 0 aliphatic rings. The fourth-order valence-corrected chi connectivity index (χ4v) is 2.87. The molecule has 0 spiro atoms. The number of hydrogen-bond donors (Lipinski definition) is 0. The molecule has 0 heterocycles. The summed E-state index contributed by atoms with van der Waals surface area (Å²) in [5.74, 6) is 0. The fraction of sp³-hybridized carbons (Fsp3) is 0.0909. The van der Waals surface area contributed by atoms with Gasteiger partial charge in [-0.25, -0.2) is 0 Å². The van der Waals surface area contributed by atoms with E-state index in [0.717, 1.165) is 36.5 Å². The highest BCUT2D eigenvalue weighted by atomic mass is 16.1. The van der Waals surface area contributed by atoms with Crippen molar-refractivity contribution in [2.45, 2.75) is 12.8 Å². The maximum atomic E-state index is 10.9. The molecule has 2 nitrogen and oxygen atoms in total. The fourth-order valence-electron chi connectivity index (χ4n) is 2.87. The van der Waals surface area contributed by atoms with Gasteiger partial charge in [0.15, 0.2) is 0 Å². The Morgan fingerprint density at radius 3 is 1.33 bits per heavy atom. The second-order valence-corrected chi connectivity index (χ2v) is 5.90. The smallest absolute Gasteiger partial charge is 0.150 e. The van der Waals surface area contributed by atoms with Crippen LogP contribution < -0.4 is 0 Å². The highest BCUT2D eigenvalue weighted by Gasteiger charge is 2.02. The number of aldehydes is 2. The molecule has 0 aromatic heterocycles. The van der Waals surface area contributed by atoms with Crippen molar-refractivity contribution < 1.29 is 9.59 Å². The molecule has 0 N–H and O–H groups in total. The quantitative estimate of drug-likeness (QED) is 0.628. The van der Waals surface area contributed by atoms with Crippen molar-refractivity contribution in [2.24, 2.45) is 0 Å². The highest BCUT2D eigenvalue weighted by molar-refractivity contribution is 5.75. The molecule has 0 fully saturated rings. The molecule has 3 aromatic carbocycles. The Bertz CT molecular complexity index is 796. The van der Waals surface area contributed by atoms with E-state index in [1.165, 1.54) is 11.1 Å². The van der Waals surface area contributed by atoms with Gasteiger partial charge in [-0.2, -0.15) is 0 Å². The summed E-state index contributed by atoms with van der Waals surface area (Å²) in [7, 11) is 0. The molecule has 0 aliphatic carbocycles. The van der Waals surface area contributed by atoms with Crippen LogP contribution in [0.15, 0.2) is 72.8 Å². The minimum Gasteiger partial charge on any atom is -0.298 e. The van der Waals surface area contributed by atoms with Gasteiger partial charge in [0.25, 0.3) is 0 Å². The Balaban J connectivity index is 1.78. The van der Waals surface area contributed by atoms with Gasteiger partial charge >= 0.3 is 0 Å². The van der Waals surface area contributed by atoms with Crippen LogP contribution in [0.1, 0.15) is 43.0 Å². The van der Waals surface area contributed by atoms with Gasteiger partial charge in [-0.05, 0) is 47.2 Å². The molecule has 0 bridgehead atoms. The average molecular weight is 314 g/mol. The Morgan fingerprint density at radius 2 is 0.917 bits per heavy atom. The lowest BCUT2D eigenvalue weighted by atomic mass is 9.98. The van der Waals surface area contributed by atoms with Gasteiger partial charge in [-0.3, -0.25) is 9.59 Å². The monoisotopic (exact) mass is 314 g/mol. The Hall–Kier alpha value is -3.00. The van der Waals surface area contributed by atoms with E-state index in [1.807, 2.05) is 48.5 Å². The topological polar surface area (TPSA) is 34.1 Å². The predicted octanol–water partition coefficient (Wildman–Crippen LogP) is 4.49. The van der Waals surface area contributed by atoms with Crippen molar-refractivity contribution in [1.29, 1.82) is 0 Å². The molecule has 0 atom stereocenters. The number of carbonyl (C=O) groups excluding carboxylic acids is 2. The van der Waals surface area contributed by atoms with E-state index in [9.17, 15) is 9.59 Å². The molecule has 0 radical (unpaired) electrons. The molecule has 0 unspecified atom stereocenters. The Labute approximate surface area is 141 Å². The van der Waals surface area contributed by atoms with Gasteiger partial charge in [0.05, 0.1) is 0 Å². The lowest BCUT2D eigenvalue weighted by Crippen LogP contribution is -1.94. The van der Waals surface area contributed by atoms with Crippen LogP contribution in [0.4, 0.5) is 0 Å². The number of carbonyl (C=O) groups is 2. The summed E-state index contributed by atoms with van der Waals surface area (Å²) >= 11 is 0. The first kappa shape index (κ1) is 15.9. The van der Waals surface area contributed by atoms with Crippen LogP contribution in [0.2, 0.25) is 0 Å². The first-order valence-electron chi connectivity index (χ1n) is 7.93. The summed E-state index contributed by atoms with van der Waals surface area (Å²) in [5, 5.41) is 0. The SMILES string of the molecule is O=Cc1cccc(Cc2cccc(Cc3cccc(C=O)c3)c2)c1. The average Bonchev–Trinajstić information content (AvgIpc) is 2.62. The Kier molecular flexibility index (Phi) is 4.97. The molecule has 0 saturated carbocycles. The molecular weight excluding hydrogens is 296 g/mol. The largest absolute Gasteiger partial charge is 0.298 e. The van der Waals surface area contributed by atoms with E-state index < -0.39 is 0 Å². The minimum absolute atomic E-state index is 0.703. The molecule has 0 amide bonds. The van der Waals surface area contributed by atoms with Crippen molar-refractivity contribution in [3.8, 4) is 0 Å². The molecule has 118 valence electrons. The van der Waals surface area contributed by atoms with Crippen LogP contribution in [-0.2, 0) is 12.8 Å². The van der Waals surface area contributed by atoms with Crippen LogP contribution in [0.5, 0.6) is 0 Å². The second-order valence-electron chi connectivity index (χ2n) is 5.90. The molecule has 3 aromatic rings. The summed E-state index contributed by atoms with van der Waals surface area (Å²) in [6.45, 7) is 0. The summed E-state index contributed by atoms with van der Waals surface area (Å²) in [4.78, 5) is 21.8. The van der Waals surface area contributed by atoms with Gasteiger partial charge in [0, 0.05) is 11.1 Å². The van der Waals surface area contributed by atoms with E-state index in [0.29, 0.717) is 11.1 Å². The Morgan fingerprint density at radius 1 is 0.542 bits per heavy atom. The second kappa shape index (κ2) is 7.51. The van der Waals surface area contributed by atoms with Gasteiger partial charge in [-0.1, -0.05) is 60.7 Å². The highest BCUT2D eigenvalue weighted by Crippen LogP contribution is 2.16. The zero-order valence-corrected chi connectivity index (χ0v) is 13.3. The zero-order chi connectivity index (χ0) is 16.8. The molecular formula is C22H18O2. The van der Waals surface area contributed by atoms with E-state index in [2.05, 4.69) is 24.3 Å². The third-order valence-corrected chi connectivity index (χ3v) is 3.98. The molecule has 24 heavy (non-hydrogen) atoms. The van der Waals surface area contributed by atoms with Crippen LogP contribution in [0.25, 0.3) is 0 Å². The van der Waals surface area contributed by atoms with Crippen LogP contribution >= 0.6 is 0 Å². The van der Waals surface area contributed by atoms with E-state index in [4.69, 9.17) is 0 Å². The van der Waals surface area contributed by atoms with Gasteiger partial charge in [0.2, 0.25) is 0 Å². The summed E-state index contributed by atoms with van der Waals surface area (Å²) in [5.41, 5.74) is 6.08. The van der Waals surface area contributed by atoms with Crippen LogP contribution in [-0.4, -0.2) is 12.6 Å². The lowest BCUT2D eigenvalue weighted by Gasteiger charge is -2.07. The van der Waals surface area contributed by atoms with Crippen molar-refractivity contribution in [3.63, 3.8) is 0 Å². The summed E-state index contributed by atoms with van der Waals surface area (Å²) in [6.07, 6.45) is 3.34. The van der Waals surface area contributed by atoms with Gasteiger partial charge in [0.1, 0.15) is 12.6 Å². The zero-order valence-electron chi connectivity index (χ0n) is 13.3. The first-order valence-corrected chi connectivity index (χ1v) is 7.93. The first-order chi connectivity index (χ1) is 11.8. The third-order valence-electron chi connectivity index (χ3n) is 3.98. The van der Waals surface area contributed by atoms with Crippen molar-refractivity contribution in [2.75, 3.05) is 0 Å². The van der Waals surface area contributed by atoms with E-state index in [-0.39, 0.29) is 0 Å². The third kappa shape index (κ3) is 4.05. The van der Waals surface area contributed by atoms with Gasteiger partial charge in [-0.15, -0.1) is 0 Å². The van der Waals surface area contributed by atoms with Crippen molar-refractivity contribution >= 4 is 12.6 Å². The molecule has 0 aliphatic heterocycles. The minimum atomic E-state index is 0.703. The standard InChI is InChI=1S/C22H18O2/c23-15-21-8-2-6-19(13-21)11-17-4-1-5-18(10-17)12-20-7-3-9-22(14-20)16-24/h1-10,13-16H,11-12H2. The molecule has 2 heteroatoms. The maximum Gasteiger partial charge on any atom is 0.150 e. The lowest BCUT2D eigenvalue weighted by molar-refractivity contribution is 0.111. The molecule has 3 rings (SSSR count). The van der Waals surface area contributed by atoms with E-state index >= 15 is 0 Å². The normalized spacial score (nSPS) is 10.3. The summed E-state index contributed by atoms with van der Waals surface area (Å²) < 4.78 is 0. The predicted molar refractivity (Wildman–Crippen MR) is 95.7 cm³/mol. The number of hydrogen-bond acceptors (Lipinski definition) is 2. The number of rotatable bonds is 6. The number of benzene rings is 3. The van der Waals surface area contributed by atoms with Gasteiger partial charge < -0.3 is 0 Å². The van der Waals surface area contributed by atoms with Crippen molar-refractivity contribution in [3.05, 3.63) is 106 Å². The van der Waals surface area contributed by atoms with Crippen molar-refractivity contribution in [1.82, 2.24) is 0 Å². The molecule has 0 saturated heterocycles. The van der Waals surface area contributed by atoms with E-state index in [1.54, 1.807) is 0 Å². The van der Waals surface area contributed by atoms with Crippen LogP contribution in [0.3, 0.4) is 0 Å². The summed E-state index contributed by atoms with van der Waals surface area (Å²) in [6, 6.07) is 23.8.